The van der Waals surface area contributed by atoms with Gasteiger partial charge in [-0.1, -0.05) is 0 Å². The molecule has 2 rings (SSSR count). The summed E-state index contributed by atoms with van der Waals surface area (Å²) in [5.41, 5.74) is 0. The molecule has 1 saturated heterocycles. The highest BCUT2D eigenvalue weighted by Crippen LogP contribution is 2.19. The van der Waals surface area contributed by atoms with Crippen molar-refractivity contribution in [3.63, 3.8) is 0 Å². The van der Waals surface area contributed by atoms with Crippen molar-refractivity contribution in [2.24, 2.45) is 0 Å². The molecule has 1 heterocycles. The molecule has 28 heavy (non-hydrogen) atoms. The van der Waals surface area contributed by atoms with Gasteiger partial charge in [0.2, 0.25) is 15.9 Å². The molecule has 0 aromatic heterocycles. The largest absolute Gasteiger partial charge is 0.497 e. The van der Waals surface area contributed by atoms with Gasteiger partial charge in [0.1, 0.15) is 11.8 Å². The number of quaternary nitrogens is 1. The summed E-state index contributed by atoms with van der Waals surface area (Å²) in [5, 5.41) is 5.33. The maximum absolute atomic E-state index is 12.7. The second-order valence-electron chi connectivity index (χ2n) is 6.69. The molecule has 1 aromatic rings. The van der Waals surface area contributed by atoms with Crippen LogP contribution in [0.1, 0.15) is 13.8 Å². The van der Waals surface area contributed by atoms with E-state index in [4.69, 9.17) is 4.74 Å². The summed E-state index contributed by atoms with van der Waals surface area (Å²) >= 11 is 0. The van der Waals surface area contributed by atoms with Gasteiger partial charge in [0.15, 0.2) is 6.54 Å². The van der Waals surface area contributed by atoms with Crippen molar-refractivity contribution in [1.29, 1.82) is 0 Å². The number of sulfonamides is 1. The Hall–Kier alpha value is -2.17. The van der Waals surface area contributed by atoms with Gasteiger partial charge in [-0.05, 0) is 38.1 Å². The minimum atomic E-state index is -3.56. The van der Waals surface area contributed by atoms with Crippen LogP contribution in [-0.2, 0) is 19.6 Å². The number of carbonyl (C=O) groups excluding carboxylic acids is 2. The molecule has 0 spiro atoms. The predicted octanol–water partition coefficient (Wildman–Crippen LogP) is -1.77. The fourth-order valence-electron chi connectivity index (χ4n) is 3.03. The van der Waals surface area contributed by atoms with Crippen LogP contribution in [0.15, 0.2) is 29.2 Å². The van der Waals surface area contributed by atoms with E-state index in [2.05, 4.69) is 10.6 Å². The Morgan fingerprint density at radius 3 is 2.36 bits per heavy atom. The summed E-state index contributed by atoms with van der Waals surface area (Å²) in [6, 6.07) is 5.71. The van der Waals surface area contributed by atoms with Gasteiger partial charge in [0.25, 0.3) is 5.91 Å². The molecule has 1 aliphatic rings. The molecule has 156 valence electrons. The molecule has 0 bridgehead atoms. The third-order valence-corrected chi connectivity index (χ3v) is 6.57. The molecule has 10 heteroatoms. The average Bonchev–Trinajstić information content (AvgIpc) is 2.68. The number of nitrogens with one attached hydrogen (secondary N) is 3. The molecule has 1 aromatic carbocycles. The third kappa shape index (κ3) is 5.66. The van der Waals surface area contributed by atoms with Crippen molar-refractivity contribution in [2.75, 3.05) is 46.4 Å². The van der Waals surface area contributed by atoms with Crippen molar-refractivity contribution in [3.05, 3.63) is 24.3 Å². The van der Waals surface area contributed by atoms with E-state index in [-0.39, 0.29) is 23.3 Å². The number of amides is 2. The van der Waals surface area contributed by atoms with Crippen molar-refractivity contribution in [3.8, 4) is 5.75 Å². The zero-order chi connectivity index (χ0) is 20.7. The molecule has 2 amide bonds. The monoisotopic (exact) mass is 413 g/mol. The number of nitrogens with zero attached hydrogens (tertiary/aromatic N) is 1. The maximum atomic E-state index is 12.7. The Morgan fingerprint density at radius 1 is 1.21 bits per heavy atom. The van der Waals surface area contributed by atoms with Crippen LogP contribution >= 0.6 is 0 Å². The van der Waals surface area contributed by atoms with Gasteiger partial charge in [-0.3, -0.25) is 9.59 Å². The smallest absolute Gasteiger partial charge is 0.275 e. The summed E-state index contributed by atoms with van der Waals surface area (Å²) in [6.07, 6.45) is 0. The zero-order valence-electron chi connectivity index (χ0n) is 16.5. The number of hydrogen-bond donors (Lipinski definition) is 3. The lowest BCUT2D eigenvalue weighted by molar-refractivity contribution is -0.895. The highest BCUT2D eigenvalue weighted by molar-refractivity contribution is 7.89. The highest BCUT2D eigenvalue weighted by Gasteiger charge is 2.31. The van der Waals surface area contributed by atoms with Crippen molar-refractivity contribution >= 4 is 21.8 Å². The average molecular weight is 414 g/mol. The second-order valence-corrected chi connectivity index (χ2v) is 8.63. The Kier molecular flexibility index (Phi) is 7.78. The molecule has 0 aliphatic carbocycles. The SMILES string of the molecule is CCNC(=O)[C@H](C)NC(=O)C[NH+]1CCN(S(=O)(=O)c2ccc(OC)cc2)CC1. The van der Waals surface area contributed by atoms with E-state index in [0.717, 1.165) is 4.90 Å². The van der Waals surface area contributed by atoms with Crippen molar-refractivity contribution in [1.82, 2.24) is 14.9 Å². The van der Waals surface area contributed by atoms with Gasteiger partial charge in [0, 0.05) is 6.54 Å². The lowest BCUT2D eigenvalue weighted by Gasteiger charge is -2.31. The number of hydrogen-bond acceptors (Lipinski definition) is 5. The Labute approximate surface area is 166 Å². The lowest BCUT2D eigenvalue weighted by atomic mass is 10.3. The first kappa shape index (κ1) is 22.1. The number of carbonyl (C=O) groups is 2. The first-order chi connectivity index (χ1) is 13.3. The molecule has 0 radical (unpaired) electrons. The molecular weight excluding hydrogens is 384 g/mol. The molecule has 1 fully saturated rings. The lowest BCUT2D eigenvalue weighted by Crippen LogP contribution is -3.15. The van der Waals surface area contributed by atoms with Crippen LogP contribution in [0.25, 0.3) is 0 Å². The number of methoxy groups -OCH3 is 1. The van der Waals surface area contributed by atoms with E-state index in [9.17, 15) is 18.0 Å². The van der Waals surface area contributed by atoms with Gasteiger partial charge in [0.05, 0.1) is 38.2 Å². The number of piperazine rings is 1. The number of likely N-dealkylation sites (N-methyl/N-ethyl adjacent to an activating group) is 1. The van der Waals surface area contributed by atoms with Gasteiger partial charge in [-0.15, -0.1) is 0 Å². The van der Waals surface area contributed by atoms with E-state index in [1.54, 1.807) is 19.1 Å². The molecule has 9 nitrogen and oxygen atoms in total. The molecule has 0 saturated carbocycles. The molecular formula is C18H29N4O5S+. The standard InChI is InChI=1S/C18H28N4O5S/c1-4-19-18(24)14(2)20-17(23)13-21-9-11-22(12-10-21)28(25,26)16-7-5-15(27-3)6-8-16/h5-8,14H,4,9-13H2,1-3H3,(H,19,24)(H,20,23)/p+1/t14-/m0/s1. The molecule has 1 atom stereocenters. The number of rotatable bonds is 8. The van der Waals surface area contributed by atoms with Crippen molar-refractivity contribution in [2.45, 2.75) is 24.8 Å². The first-order valence-electron chi connectivity index (χ1n) is 9.32. The summed E-state index contributed by atoms with van der Waals surface area (Å²) < 4.78 is 32.0. The van der Waals surface area contributed by atoms with Gasteiger partial charge >= 0.3 is 0 Å². The summed E-state index contributed by atoms with van der Waals surface area (Å²) in [4.78, 5) is 25.0. The van der Waals surface area contributed by atoms with E-state index in [1.165, 1.54) is 23.5 Å². The first-order valence-corrected chi connectivity index (χ1v) is 10.8. The topological polar surface area (TPSA) is 109 Å². The van der Waals surface area contributed by atoms with Crippen LogP contribution in [0.4, 0.5) is 0 Å². The normalized spacial score (nSPS) is 17.0. The van der Waals surface area contributed by atoms with Crippen LogP contribution in [0, 0.1) is 0 Å². The third-order valence-electron chi connectivity index (χ3n) is 4.66. The molecule has 1 aliphatic heterocycles. The minimum Gasteiger partial charge on any atom is -0.497 e. The fraction of sp³-hybridized carbons (Fsp3) is 0.556. The summed E-state index contributed by atoms with van der Waals surface area (Å²) in [5.74, 6) is 0.155. The molecule has 0 unspecified atom stereocenters. The van der Waals surface area contributed by atoms with Crippen LogP contribution in [0.5, 0.6) is 5.75 Å². The van der Waals surface area contributed by atoms with Crippen LogP contribution in [0.2, 0.25) is 0 Å². The Balaban J connectivity index is 1.86. The highest BCUT2D eigenvalue weighted by atomic mass is 32.2. The van der Waals surface area contributed by atoms with Crippen LogP contribution < -0.4 is 20.3 Å². The van der Waals surface area contributed by atoms with Gasteiger partial charge < -0.3 is 20.3 Å². The van der Waals surface area contributed by atoms with Crippen molar-refractivity contribution < 1.29 is 27.6 Å². The minimum absolute atomic E-state index is 0.209. The summed E-state index contributed by atoms with van der Waals surface area (Å²) in [7, 11) is -2.04. The molecule has 3 N–H and O–H groups in total. The van der Waals surface area contributed by atoms with E-state index < -0.39 is 16.1 Å². The number of ether oxygens (including phenoxy) is 1. The van der Waals surface area contributed by atoms with Gasteiger partial charge in [-0.2, -0.15) is 4.31 Å². The number of benzene rings is 1. The van der Waals surface area contributed by atoms with E-state index in [0.29, 0.717) is 38.5 Å². The van der Waals surface area contributed by atoms with Gasteiger partial charge in [-0.25, -0.2) is 8.42 Å². The van der Waals surface area contributed by atoms with E-state index >= 15 is 0 Å². The summed E-state index contributed by atoms with van der Waals surface area (Å²) in [6.45, 7) is 5.89. The quantitative estimate of drug-likeness (QED) is 0.467. The van der Waals surface area contributed by atoms with Crippen LogP contribution in [0.3, 0.4) is 0 Å². The van der Waals surface area contributed by atoms with E-state index in [1.807, 2.05) is 6.92 Å². The Bertz CT molecular complexity index is 774. The maximum Gasteiger partial charge on any atom is 0.275 e. The predicted molar refractivity (Wildman–Crippen MR) is 104 cm³/mol. The Morgan fingerprint density at radius 2 is 1.82 bits per heavy atom. The second kappa shape index (κ2) is 9.85. The zero-order valence-corrected chi connectivity index (χ0v) is 17.3. The fourth-order valence-corrected chi connectivity index (χ4v) is 4.47. The van der Waals surface area contributed by atoms with Crippen LogP contribution in [-0.4, -0.2) is 77.0 Å².